The summed E-state index contributed by atoms with van der Waals surface area (Å²) >= 11 is 0. The molecule has 0 bridgehead atoms. The molecule has 0 radical (unpaired) electrons. The van der Waals surface area contributed by atoms with Gasteiger partial charge in [-0.2, -0.15) is 0 Å². The van der Waals surface area contributed by atoms with Crippen molar-refractivity contribution in [3.05, 3.63) is 53.5 Å². The van der Waals surface area contributed by atoms with Crippen molar-refractivity contribution in [2.45, 2.75) is 48.0 Å². The summed E-state index contributed by atoms with van der Waals surface area (Å²) in [6, 6.07) is 6.49. The second-order valence-corrected chi connectivity index (χ2v) is 6.15. The van der Waals surface area contributed by atoms with Crippen LogP contribution in [0.25, 0.3) is 0 Å². The van der Waals surface area contributed by atoms with Gasteiger partial charge in [0.1, 0.15) is 11.7 Å². The van der Waals surface area contributed by atoms with E-state index in [4.69, 9.17) is 4.99 Å². The molecular weight excluding hydrogens is 287 g/mol. The lowest BCUT2D eigenvalue weighted by Crippen LogP contribution is -2.34. The van der Waals surface area contributed by atoms with Crippen LogP contribution in [-0.4, -0.2) is 12.4 Å². The lowest BCUT2D eigenvalue weighted by Gasteiger charge is -2.28. The molecule has 0 spiro atoms. The largest absolute Gasteiger partial charge is 0.330 e. The average molecular weight is 316 g/mol. The molecule has 0 saturated heterocycles. The van der Waals surface area contributed by atoms with E-state index in [1.165, 1.54) is 17.2 Å². The molecular formula is C20H29FN2. The summed E-state index contributed by atoms with van der Waals surface area (Å²) in [5.74, 6) is 0.730. The van der Waals surface area contributed by atoms with E-state index in [1.807, 2.05) is 6.92 Å². The van der Waals surface area contributed by atoms with Crippen molar-refractivity contribution >= 4 is 11.5 Å². The van der Waals surface area contributed by atoms with Crippen LogP contribution in [0.2, 0.25) is 0 Å². The topological polar surface area (TPSA) is 15.6 Å². The number of aliphatic imine (C=N–C) groups is 1. The monoisotopic (exact) mass is 316 g/mol. The first-order valence-corrected chi connectivity index (χ1v) is 8.27. The zero-order chi connectivity index (χ0) is 17.6. The molecule has 0 aliphatic rings. The van der Waals surface area contributed by atoms with Crippen LogP contribution in [0.5, 0.6) is 0 Å². The van der Waals surface area contributed by atoms with Crippen LogP contribution in [-0.2, 0) is 0 Å². The van der Waals surface area contributed by atoms with Gasteiger partial charge in [-0.15, -0.1) is 0 Å². The molecule has 3 heteroatoms. The van der Waals surface area contributed by atoms with E-state index in [2.05, 4.69) is 64.3 Å². The number of nitrogens with zero attached hydrogens (tertiary/aromatic N) is 2. The van der Waals surface area contributed by atoms with Gasteiger partial charge < -0.3 is 4.90 Å². The standard InChI is InChI=1S/C20H29FN2/c1-8-18(13-17(7)21)22-20(14(3)4)23(9-2)19-11-15(5)10-16(6)12-19/h10-14H,7-9H2,1-6H3/b18-13+,22-20?. The number of amidine groups is 1. The van der Waals surface area contributed by atoms with E-state index in [1.54, 1.807) is 0 Å². The first kappa shape index (κ1) is 19.1. The molecule has 0 aliphatic carbocycles. The van der Waals surface area contributed by atoms with Crippen LogP contribution in [0, 0.1) is 19.8 Å². The molecule has 0 heterocycles. The first-order valence-electron chi connectivity index (χ1n) is 8.27. The lowest BCUT2D eigenvalue weighted by molar-refractivity contribution is 0.668. The quantitative estimate of drug-likeness (QED) is 0.359. The van der Waals surface area contributed by atoms with E-state index in [0.29, 0.717) is 12.1 Å². The van der Waals surface area contributed by atoms with Crippen LogP contribution in [0.1, 0.15) is 45.2 Å². The van der Waals surface area contributed by atoms with Crippen molar-refractivity contribution < 1.29 is 4.39 Å². The Hall–Kier alpha value is -1.90. The fourth-order valence-corrected chi connectivity index (χ4v) is 2.63. The summed E-state index contributed by atoms with van der Waals surface area (Å²) in [5.41, 5.74) is 4.30. The predicted octanol–water partition coefficient (Wildman–Crippen LogP) is 5.96. The molecule has 126 valence electrons. The van der Waals surface area contributed by atoms with Crippen molar-refractivity contribution in [3.8, 4) is 0 Å². The van der Waals surface area contributed by atoms with Crippen LogP contribution in [0.15, 0.2) is 47.4 Å². The highest BCUT2D eigenvalue weighted by Gasteiger charge is 2.16. The molecule has 1 rings (SSSR count). The molecule has 1 aromatic rings. The number of hydrogen-bond acceptors (Lipinski definition) is 1. The second-order valence-electron chi connectivity index (χ2n) is 6.15. The Morgan fingerprint density at radius 3 is 2.17 bits per heavy atom. The highest BCUT2D eigenvalue weighted by atomic mass is 19.1. The normalized spacial score (nSPS) is 12.7. The van der Waals surface area contributed by atoms with Crippen LogP contribution < -0.4 is 4.90 Å². The third kappa shape index (κ3) is 5.66. The molecule has 0 saturated carbocycles. The van der Waals surface area contributed by atoms with Gasteiger partial charge in [0.25, 0.3) is 0 Å². The Balaban J connectivity index is 3.37. The summed E-state index contributed by atoms with van der Waals surface area (Å²) in [4.78, 5) is 6.95. The summed E-state index contributed by atoms with van der Waals surface area (Å²) < 4.78 is 13.1. The fraction of sp³-hybridized carbons (Fsp3) is 0.450. The molecule has 0 fully saturated rings. The third-order valence-electron chi connectivity index (χ3n) is 3.57. The highest BCUT2D eigenvalue weighted by molar-refractivity contribution is 5.99. The predicted molar refractivity (Wildman–Crippen MR) is 99.8 cm³/mol. The van der Waals surface area contributed by atoms with Gasteiger partial charge in [0.15, 0.2) is 0 Å². The zero-order valence-corrected chi connectivity index (χ0v) is 15.3. The van der Waals surface area contributed by atoms with Gasteiger partial charge in [-0.05, 0) is 56.5 Å². The average Bonchev–Trinajstić information content (AvgIpc) is 2.44. The highest BCUT2D eigenvalue weighted by Crippen LogP contribution is 2.22. The van der Waals surface area contributed by atoms with E-state index in [-0.39, 0.29) is 5.92 Å². The number of allylic oxidation sites excluding steroid dienone is 3. The van der Waals surface area contributed by atoms with Gasteiger partial charge in [0, 0.05) is 23.8 Å². The zero-order valence-electron chi connectivity index (χ0n) is 15.3. The Kier molecular flexibility index (Phi) is 7.21. The number of rotatable bonds is 6. The minimum atomic E-state index is -0.455. The Morgan fingerprint density at radius 2 is 1.78 bits per heavy atom. The summed E-state index contributed by atoms with van der Waals surface area (Å²) in [7, 11) is 0. The number of anilines is 1. The van der Waals surface area contributed by atoms with Crippen LogP contribution in [0.3, 0.4) is 0 Å². The number of hydrogen-bond donors (Lipinski definition) is 0. The summed E-state index contributed by atoms with van der Waals surface area (Å²) in [6.45, 7) is 16.6. The Bertz CT molecular complexity index is 592. The number of aryl methyl sites for hydroxylation is 2. The Morgan fingerprint density at radius 1 is 1.22 bits per heavy atom. The van der Waals surface area contributed by atoms with Gasteiger partial charge in [0.2, 0.25) is 0 Å². The third-order valence-corrected chi connectivity index (χ3v) is 3.57. The van der Waals surface area contributed by atoms with Gasteiger partial charge in [-0.25, -0.2) is 9.38 Å². The van der Waals surface area contributed by atoms with Crippen molar-refractivity contribution in [1.29, 1.82) is 0 Å². The molecule has 0 aromatic heterocycles. The van der Waals surface area contributed by atoms with Gasteiger partial charge in [0.05, 0.1) is 0 Å². The molecule has 0 aliphatic heterocycles. The molecule has 0 N–H and O–H groups in total. The maximum atomic E-state index is 13.1. The van der Waals surface area contributed by atoms with E-state index < -0.39 is 5.83 Å². The van der Waals surface area contributed by atoms with E-state index >= 15 is 0 Å². The maximum Gasteiger partial charge on any atom is 0.117 e. The minimum absolute atomic E-state index is 0.235. The lowest BCUT2D eigenvalue weighted by atomic mass is 10.1. The van der Waals surface area contributed by atoms with E-state index in [0.717, 1.165) is 18.1 Å². The fourth-order valence-electron chi connectivity index (χ4n) is 2.63. The van der Waals surface area contributed by atoms with Crippen LogP contribution in [0.4, 0.5) is 10.1 Å². The van der Waals surface area contributed by atoms with E-state index in [9.17, 15) is 4.39 Å². The molecule has 1 aromatic carbocycles. The Labute approximate surface area is 140 Å². The molecule has 0 unspecified atom stereocenters. The summed E-state index contributed by atoms with van der Waals surface area (Å²) in [5, 5.41) is 0. The molecule has 23 heavy (non-hydrogen) atoms. The maximum absolute atomic E-state index is 13.1. The second kappa shape index (κ2) is 8.66. The smallest absolute Gasteiger partial charge is 0.117 e. The van der Waals surface area contributed by atoms with Gasteiger partial charge in [-0.1, -0.05) is 33.4 Å². The summed E-state index contributed by atoms with van der Waals surface area (Å²) in [6.07, 6.45) is 2.08. The van der Waals surface area contributed by atoms with Gasteiger partial charge in [-0.3, -0.25) is 0 Å². The first-order chi connectivity index (χ1) is 10.8. The number of benzene rings is 1. The molecule has 0 atom stereocenters. The SMILES string of the molecule is C=C(F)/C=C(\CC)N=C(C(C)C)N(CC)c1cc(C)cc(C)c1. The van der Waals surface area contributed by atoms with Crippen molar-refractivity contribution in [1.82, 2.24) is 0 Å². The number of halogens is 1. The van der Waals surface area contributed by atoms with Crippen molar-refractivity contribution in [2.75, 3.05) is 11.4 Å². The van der Waals surface area contributed by atoms with Gasteiger partial charge >= 0.3 is 0 Å². The van der Waals surface area contributed by atoms with Crippen LogP contribution >= 0.6 is 0 Å². The van der Waals surface area contributed by atoms with Crippen molar-refractivity contribution in [3.63, 3.8) is 0 Å². The molecule has 2 nitrogen and oxygen atoms in total. The minimum Gasteiger partial charge on any atom is -0.330 e. The molecule has 0 amide bonds. The van der Waals surface area contributed by atoms with Crippen molar-refractivity contribution in [2.24, 2.45) is 10.9 Å².